The number of allylic oxidation sites excluding steroid dienone is 2. The Labute approximate surface area is 223 Å². The smallest absolute Gasteiger partial charge is 0.488 e. The highest BCUT2D eigenvalue weighted by Gasteiger charge is 2.57. The Hall–Kier alpha value is -3.20. The summed E-state index contributed by atoms with van der Waals surface area (Å²) in [5.41, 5.74) is 5.26. The molecule has 2 aromatic carbocycles. The van der Waals surface area contributed by atoms with Crippen molar-refractivity contribution in [3.05, 3.63) is 70.8 Å². The van der Waals surface area contributed by atoms with E-state index in [-0.39, 0.29) is 41.0 Å². The number of anilines is 1. The number of aromatic hydroxyl groups is 1. The predicted octanol–water partition coefficient (Wildman–Crippen LogP) is 3.43. The number of fused-ring (bicyclic) bond motifs is 3. The summed E-state index contributed by atoms with van der Waals surface area (Å²) in [7, 11) is -1.68. The number of hydrogen-bond acceptors (Lipinski definition) is 6. The average Bonchev–Trinajstić information content (AvgIpc) is 3.42. The van der Waals surface area contributed by atoms with Crippen molar-refractivity contribution in [1.29, 1.82) is 0 Å². The molecule has 2 aromatic rings. The summed E-state index contributed by atoms with van der Waals surface area (Å²) in [6.45, 7) is 6.77. The van der Waals surface area contributed by atoms with E-state index in [0.717, 1.165) is 18.4 Å². The number of amides is 2. The van der Waals surface area contributed by atoms with Gasteiger partial charge in [0.05, 0.1) is 30.2 Å². The van der Waals surface area contributed by atoms with Gasteiger partial charge in [-0.25, -0.2) is 0 Å². The van der Waals surface area contributed by atoms with Crippen LogP contribution >= 0.6 is 0 Å². The second kappa shape index (κ2) is 10.5. The minimum Gasteiger partial charge on any atom is -0.508 e. The molecule has 7 nitrogen and oxygen atoms in total. The van der Waals surface area contributed by atoms with E-state index >= 15 is 0 Å². The summed E-state index contributed by atoms with van der Waals surface area (Å²) < 4.78 is 6.31. The molecule has 0 unspecified atom stereocenters. The third-order valence-corrected chi connectivity index (χ3v) is 8.17. The van der Waals surface area contributed by atoms with Gasteiger partial charge in [0.2, 0.25) is 11.8 Å². The first-order chi connectivity index (χ1) is 18.2. The molecular formula is C30H34BNO6. The van der Waals surface area contributed by atoms with E-state index in [9.17, 15) is 24.7 Å². The van der Waals surface area contributed by atoms with Crippen LogP contribution < -0.4 is 10.4 Å². The quantitative estimate of drug-likeness (QED) is 0.296. The summed E-state index contributed by atoms with van der Waals surface area (Å²) in [6.07, 6.45) is 4.18. The zero-order valence-electron chi connectivity index (χ0n) is 22.0. The van der Waals surface area contributed by atoms with E-state index in [2.05, 4.69) is 26.8 Å². The van der Waals surface area contributed by atoms with Gasteiger partial charge in [-0.1, -0.05) is 55.3 Å². The SMILES string of the molecule is C/C(=C\c1ccc(O)cc1)CC[C@H]1OC[C@H]2C1=C(C(C)C)C[C@H]1C(=O)N(c3cccc(B(O)O)c3)C(=O)[C@H]12. The summed E-state index contributed by atoms with van der Waals surface area (Å²) in [5.74, 6) is -1.02. The normalized spacial score (nSPS) is 25.3. The molecule has 38 heavy (non-hydrogen) atoms. The monoisotopic (exact) mass is 515 g/mol. The first-order valence-corrected chi connectivity index (χ1v) is 13.3. The second-order valence-corrected chi connectivity index (χ2v) is 11.0. The van der Waals surface area contributed by atoms with Gasteiger partial charge in [0.15, 0.2) is 0 Å². The molecule has 0 radical (unpaired) electrons. The van der Waals surface area contributed by atoms with Crippen LogP contribution in [0.5, 0.6) is 5.75 Å². The number of rotatable bonds is 7. The van der Waals surface area contributed by atoms with Crippen LogP contribution in [0.1, 0.15) is 45.6 Å². The molecular weight excluding hydrogens is 481 g/mol. The fourth-order valence-corrected chi connectivity index (χ4v) is 6.32. The van der Waals surface area contributed by atoms with Crippen molar-refractivity contribution in [2.75, 3.05) is 11.5 Å². The summed E-state index contributed by atoms with van der Waals surface area (Å²) in [4.78, 5) is 28.5. The van der Waals surface area contributed by atoms with Crippen LogP contribution in [0.2, 0.25) is 0 Å². The number of benzene rings is 2. The Balaban J connectivity index is 1.38. The van der Waals surface area contributed by atoms with E-state index in [1.165, 1.54) is 27.7 Å². The Morgan fingerprint density at radius 2 is 1.84 bits per heavy atom. The highest BCUT2D eigenvalue weighted by Crippen LogP contribution is 2.51. The van der Waals surface area contributed by atoms with E-state index in [0.29, 0.717) is 18.7 Å². The van der Waals surface area contributed by atoms with Crippen molar-refractivity contribution >= 4 is 36.2 Å². The number of hydrogen-bond donors (Lipinski definition) is 3. The highest BCUT2D eigenvalue weighted by atomic mass is 16.5. The molecule has 5 rings (SSSR count). The third kappa shape index (κ3) is 4.84. The Morgan fingerprint density at radius 3 is 2.53 bits per heavy atom. The molecule has 4 atom stereocenters. The lowest BCUT2D eigenvalue weighted by Crippen LogP contribution is -2.36. The largest absolute Gasteiger partial charge is 0.508 e. The zero-order valence-corrected chi connectivity index (χ0v) is 22.0. The average molecular weight is 515 g/mol. The van der Waals surface area contributed by atoms with Crippen LogP contribution in [0.15, 0.2) is 65.3 Å². The van der Waals surface area contributed by atoms with E-state index in [4.69, 9.17) is 4.74 Å². The molecule has 0 saturated carbocycles. The van der Waals surface area contributed by atoms with E-state index < -0.39 is 19.0 Å². The Morgan fingerprint density at radius 1 is 1.11 bits per heavy atom. The number of carbonyl (C=O) groups excluding carboxylic acids is 2. The Bertz CT molecular complexity index is 1300. The molecule has 8 heteroatoms. The molecule has 2 heterocycles. The molecule has 2 amide bonds. The van der Waals surface area contributed by atoms with Crippen molar-refractivity contribution < 1.29 is 29.5 Å². The molecule has 2 aliphatic heterocycles. The first-order valence-electron chi connectivity index (χ1n) is 13.3. The van der Waals surface area contributed by atoms with Crippen LogP contribution in [-0.2, 0) is 14.3 Å². The van der Waals surface area contributed by atoms with Crippen LogP contribution in [-0.4, -0.2) is 46.8 Å². The minimum atomic E-state index is -1.68. The molecule has 1 aliphatic carbocycles. The number of ether oxygens (including phenoxy) is 1. The predicted molar refractivity (Wildman–Crippen MR) is 146 cm³/mol. The van der Waals surface area contributed by atoms with Gasteiger partial charge in [-0.05, 0) is 73.0 Å². The molecule has 0 bridgehead atoms. The van der Waals surface area contributed by atoms with Crippen molar-refractivity contribution in [3.63, 3.8) is 0 Å². The maximum atomic E-state index is 13.7. The fourth-order valence-electron chi connectivity index (χ4n) is 6.32. The van der Waals surface area contributed by atoms with Crippen molar-refractivity contribution in [1.82, 2.24) is 0 Å². The van der Waals surface area contributed by atoms with Gasteiger partial charge >= 0.3 is 7.12 Å². The van der Waals surface area contributed by atoms with Gasteiger partial charge in [0, 0.05) is 5.92 Å². The summed E-state index contributed by atoms with van der Waals surface area (Å²) in [5, 5.41) is 28.7. The zero-order chi connectivity index (χ0) is 27.1. The first kappa shape index (κ1) is 26.4. The number of phenols is 1. The van der Waals surface area contributed by atoms with Crippen LogP contribution in [0, 0.1) is 23.7 Å². The van der Waals surface area contributed by atoms with Crippen LogP contribution in [0.4, 0.5) is 5.69 Å². The standard InChI is InChI=1S/C30H34BNO6/c1-17(2)23-15-24-28(30(35)32(29(24)34)21-6-4-5-20(14-21)31(36)37)25-16-38-26(27(23)25)12-7-18(3)13-19-8-10-22(33)11-9-19/h4-6,8-11,13-14,17,24-26,28,33,36-37H,7,12,15-16H2,1-3H3/b18-13+/t24-,25+,26-,28-/m1/s1. The summed E-state index contributed by atoms with van der Waals surface area (Å²) >= 11 is 0. The van der Waals surface area contributed by atoms with Gasteiger partial charge in [-0.15, -0.1) is 0 Å². The molecule has 198 valence electrons. The fraction of sp³-hybridized carbons (Fsp3) is 0.400. The van der Waals surface area contributed by atoms with Crippen molar-refractivity contribution in [3.8, 4) is 5.75 Å². The molecule has 0 aromatic heterocycles. The van der Waals surface area contributed by atoms with Gasteiger partial charge in [-0.3, -0.25) is 14.5 Å². The van der Waals surface area contributed by atoms with Gasteiger partial charge < -0.3 is 19.9 Å². The number of phenolic OH excluding ortho intramolecular Hbond substituents is 1. The molecule has 3 N–H and O–H groups in total. The van der Waals surface area contributed by atoms with Crippen LogP contribution in [0.25, 0.3) is 6.08 Å². The minimum absolute atomic E-state index is 0.0914. The highest BCUT2D eigenvalue weighted by molar-refractivity contribution is 6.58. The maximum absolute atomic E-state index is 13.7. The summed E-state index contributed by atoms with van der Waals surface area (Å²) in [6, 6.07) is 13.4. The maximum Gasteiger partial charge on any atom is 0.488 e. The van der Waals surface area contributed by atoms with Gasteiger partial charge in [0.25, 0.3) is 0 Å². The van der Waals surface area contributed by atoms with E-state index in [1.807, 2.05) is 12.1 Å². The Kier molecular flexibility index (Phi) is 7.31. The molecule has 2 fully saturated rings. The molecule has 0 spiro atoms. The second-order valence-electron chi connectivity index (χ2n) is 11.0. The van der Waals surface area contributed by atoms with Crippen LogP contribution in [0.3, 0.4) is 0 Å². The van der Waals surface area contributed by atoms with E-state index in [1.54, 1.807) is 30.3 Å². The topological polar surface area (TPSA) is 107 Å². The van der Waals surface area contributed by atoms with Gasteiger partial charge in [-0.2, -0.15) is 0 Å². The number of carbonyl (C=O) groups is 2. The van der Waals surface area contributed by atoms with Crippen molar-refractivity contribution in [2.24, 2.45) is 23.7 Å². The number of imide groups is 1. The number of nitrogens with zero attached hydrogens (tertiary/aromatic N) is 1. The molecule has 2 saturated heterocycles. The van der Waals surface area contributed by atoms with Gasteiger partial charge in [0.1, 0.15) is 5.75 Å². The lowest BCUT2D eigenvalue weighted by Gasteiger charge is -2.33. The van der Waals surface area contributed by atoms with Crippen molar-refractivity contribution in [2.45, 2.75) is 46.1 Å². The third-order valence-electron chi connectivity index (χ3n) is 8.17. The lowest BCUT2D eigenvalue weighted by molar-refractivity contribution is -0.122. The molecule has 3 aliphatic rings. The lowest BCUT2D eigenvalue weighted by atomic mass is 9.67.